The van der Waals surface area contributed by atoms with E-state index in [4.69, 9.17) is 39.2 Å². The second kappa shape index (κ2) is 10.4. The molecule has 0 aliphatic rings. The van der Waals surface area contributed by atoms with E-state index < -0.39 is 5.97 Å². The van der Waals surface area contributed by atoms with E-state index in [1.54, 1.807) is 42.5 Å². The molecular weight excluding hydrogens is 541 g/mol. The zero-order valence-corrected chi connectivity index (χ0v) is 21.4. The smallest absolute Gasteiger partial charge is 0.342 e. The van der Waals surface area contributed by atoms with Crippen molar-refractivity contribution in [1.82, 2.24) is 14.8 Å². The van der Waals surface area contributed by atoms with Crippen LogP contribution in [0.3, 0.4) is 0 Å². The quantitative estimate of drug-likeness (QED) is 0.162. The van der Waals surface area contributed by atoms with Gasteiger partial charge in [0.15, 0.2) is 0 Å². The van der Waals surface area contributed by atoms with Crippen molar-refractivity contribution in [3.8, 4) is 11.5 Å². The van der Waals surface area contributed by atoms with Crippen molar-refractivity contribution in [2.24, 2.45) is 0 Å². The molecule has 180 valence electrons. The van der Waals surface area contributed by atoms with E-state index in [0.29, 0.717) is 27.2 Å². The largest absolute Gasteiger partial charge is 0.477 e. The maximum atomic E-state index is 12.1. The third-order valence-corrected chi connectivity index (χ3v) is 7.06. The number of para-hydroxylation sites is 1. The fourth-order valence-electron chi connectivity index (χ4n) is 3.68. The Morgan fingerprint density at radius 1 is 1.00 bits per heavy atom. The molecule has 0 bridgehead atoms. The van der Waals surface area contributed by atoms with Gasteiger partial charge in [-0.3, -0.25) is 0 Å². The molecule has 5 rings (SSSR count). The van der Waals surface area contributed by atoms with E-state index in [-0.39, 0.29) is 16.0 Å². The lowest BCUT2D eigenvalue weighted by Gasteiger charge is -2.08. The molecule has 0 spiro atoms. The highest BCUT2D eigenvalue weighted by molar-refractivity contribution is 8.03. The first-order valence-corrected chi connectivity index (χ1v) is 12.6. The number of rotatable bonds is 7. The van der Waals surface area contributed by atoms with Gasteiger partial charge in [-0.05, 0) is 65.9 Å². The minimum atomic E-state index is -1.11. The minimum absolute atomic E-state index is 0.0359. The number of carbonyl (C=O) groups is 1. The van der Waals surface area contributed by atoms with Gasteiger partial charge in [0.2, 0.25) is 5.89 Å². The standard InChI is InChI=1S/C26H16Cl3N3O3S/c27-18-8-5-15(6-9-18)24-30-31-26(35-24)36-23(25(33)34)11-17-14-32(22-4-2-1-3-20(17)22)13-16-7-10-19(28)12-21(16)29/h1-12,14H,13H2,(H,33,34)/b23-11-. The van der Waals surface area contributed by atoms with Crippen molar-refractivity contribution in [2.45, 2.75) is 11.8 Å². The predicted molar refractivity (Wildman–Crippen MR) is 144 cm³/mol. The van der Waals surface area contributed by atoms with Gasteiger partial charge in [0.25, 0.3) is 5.22 Å². The molecule has 0 saturated carbocycles. The summed E-state index contributed by atoms with van der Waals surface area (Å²) in [6.45, 7) is 0.494. The van der Waals surface area contributed by atoms with Crippen molar-refractivity contribution >= 4 is 69.5 Å². The van der Waals surface area contributed by atoms with Crippen molar-refractivity contribution in [1.29, 1.82) is 0 Å². The van der Waals surface area contributed by atoms with Gasteiger partial charge in [-0.15, -0.1) is 10.2 Å². The number of halogens is 3. The lowest BCUT2D eigenvalue weighted by atomic mass is 10.1. The second-order valence-electron chi connectivity index (χ2n) is 7.76. The number of aromatic nitrogens is 3. The number of nitrogens with zero attached hydrogens (tertiary/aromatic N) is 3. The van der Waals surface area contributed by atoms with Crippen LogP contribution in [0.5, 0.6) is 0 Å². The third kappa shape index (κ3) is 5.29. The average molecular weight is 557 g/mol. The Bertz CT molecular complexity index is 1610. The van der Waals surface area contributed by atoms with Gasteiger partial charge in [-0.2, -0.15) is 0 Å². The fraction of sp³-hybridized carbons (Fsp3) is 0.0385. The number of carboxylic acid groups (broad SMARTS) is 1. The summed E-state index contributed by atoms with van der Waals surface area (Å²) in [5.74, 6) is -0.834. The second-order valence-corrected chi connectivity index (χ2v) is 10.0. The number of carboxylic acids is 1. The van der Waals surface area contributed by atoms with E-state index in [0.717, 1.165) is 33.8 Å². The lowest BCUT2D eigenvalue weighted by molar-refractivity contribution is -0.131. The number of benzene rings is 3. The molecule has 0 atom stereocenters. The highest BCUT2D eigenvalue weighted by Gasteiger charge is 2.18. The summed E-state index contributed by atoms with van der Waals surface area (Å²) in [6.07, 6.45) is 3.49. The Morgan fingerprint density at radius 3 is 2.50 bits per heavy atom. The van der Waals surface area contributed by atoms with E-state index in [1.807, 2.05) is 41.1 Å². The molecule has 0 aliphatic carbocycles. The topological polar surface area (TPSA) is 81.1 Å². The van der Waals surface area contributed by atoms with Crippen molar-refractivity contribution in [2.75, 3.05) is 0 Å². The van der Waals surface area contributed by atoms with Gasteiger partial charge >= 0.3 is 5.97 Å². The normalized spacial score (nSPS) is 11.8. The summed E-state index contributed by atoms with van der Waals surface area (Å²) in [4.78, 5) is 12.1. The minimum Gasteiger partial charge on any atom is -0.477 e. The summed E-state index contributed by atoms with van der Waals surface area (Å²) in [7, 11) is 0. The van der Waals surface area contributed by atoms with Crippen molar-refractivity contribution < 1.29 is 14.3 Å². The van der Waals surface area contributed by atoms with Gasteiger partial charge in [0, 0.05) is 49.8 Å². The summed E-state index contributed by atoms with van der Waals surface area (Å²) in [5.41, 5.74) is 3.25. The molecule has 0 amide bonds. The molecular formula is C26H16Cl3N3O3S. The summed E-state index contributed by atoms with van der Waals surface area (Å²) in [6, 6.07) is 20.0. The van der Waals surface area contributed by atoms with Crippen LogP contribution in [0.25, 0.3) is 28.4 Å². The number of hydrogen-bond donors (Lipinski definition) is 1. The Hall–Kier alpha value is -3.23. The van der Waals surface area contributed by atoms with Crippen LogP contribution in [-0.4, -0.2) is 25.8 Å². The summed E-state index contributed by atoms with van der Waals surface area (Å²) in [5, 5.41) is 20.6. The van der Waals surface area contributed by atoms with E-state index >= 15 is 0 Å². The molecule has 0 fully saturated rings. The highest BCUT2D eigenvalue weighted by Crippen LogP contribution is 2.33. The van der Waals surface area contributed by atoms with E-state index in [2.05, 4.69) is 10.2 Å². The van der Waals surface area contributed by atoms with Crippen molar-refractivity contribution in [3.05, 3.63) is 104 Å². The van der Waals surface area contributed by atoms with E-state index in [9.17, 15) is 9.90 Å². The Morgan fingerprint density at radius 2 is 1.75 bits per heavy atom. The number of fused-ring (bicyclic) bond motifs is 1. The van der Waals surface area contributed by atoms with Gasteiger partial charge in [0.05, 0.1) is 0 Å². The molecule has 0 aliphatic heterocycles. The molecule has 3 aromatic carbocycles. The first-order chi connectivity index (χ1) is 17.4. The zero-order chi connectivity index (χ0) is 25.2. The summed E-state index contributed by atoms with van der Waals surface area (Å²) < 4.78 is 7.70. The van der Waals surface area contributed by atoms with Crippen LogP contribution in [0.15, 0.2) is 87.5 Å². The number of thioether (sulfide) groups is 1. The maximum absolute atomic E-state index is 12.1. The molecule has 1 N–H and O–H groups in total. The van der Waals surface area contributed by atoms with Crippen LogP contribution >= 0.6 is 46.6 Å². The summed E-state index contributed by atoms with van der Waals surface area (Å²) >= 11 is 19.2. The first kappa shape index (κ1) is 24.5. The SMILES string of the molecule is O=C(O)/C(=C/c1cn(Cc2ccc(Cl)cc2Cl)c2ccccc12)Sc1nnc(-c2ccc(Cl)cc2)o1. The maximum Gasteiger partial charge on any atom is 0.342 e. The lowest BCUT2D eigenvalue weighted by Crippen LogP contribution is -1.98. The Labute approximate surface area is 225 Å². The molecule has 2 heterocycles. The fourth-order valence-corrected chi connectivity index (χ4v) is 4.94. The van der Waals surface area contributed by atoms with E-state index in [1.165, 1.54) is 0 Å². The van der Waals surface area contributed by atoms with Crippen LogP contribution in [0, 0.1) is 0 Å². The number of aliphatic carboxylic acids is 1. The van der Waals surface area contributed by atoms with Crippen LogP contribution in [-0.2, 0) is 11.3 Å². The van der Waals surface area contributed by atoms with Gasteiger partial charge in [-0.1, -0.05) is 59.1 Å². The molecule has 0 saturated heterocycles. The Kier molecular flexibility index (Phi) is 7.07. The molecule has 0 unspecified atom stereocenters. The Balaban J connectivity index is 1.47. The van der Waals surface area contributed by atoms with Crippen molar-refractivity contribution in [3.63, 3.8) is 0 Å². The van der Waals surface area contributed by atoms with Crippen LogP contribution < -0.4 is 0 Å². The molecule has 10 heteroatoms. The number of hydrogen-bond acceptors (Lipinski definition) is 5. The van der Waals surface area contributed by atoms with Gasteiger partial charge in [0.1, 0.15) is 4.91 Å². The van der Waals surface area contributed by atoms with Gasteiger partial charge in [-0.25, -0.2) is 4.79 Å². The molecule has 2 aromatic heterocycles. The van der Waals surface area contributed by atoms with Crippen LogP contribution in [0.4, 0.5) is 0 Å². The molecule has 6 nitrogen and oxygen atoms in total. The van der Waals surface area contributed by atoms with Gasteiger partial charge < -0.3 is 14.1 Å². The monoisotopic (exact) mass is 555 g/mol. The van der Waals surface area contributed by atoms with Crippen LogP contribution in [0.1, 0.15) is 11.1 Å². The predicted octanol–water partition coefficient (Wildman–Crippen LogP) is 7.92. The van der Waals surface area contributed by atoms with Crippen LogP contribution in [0.2, 0.25) is 15.1 Å². The third-order valence-electron chi connectivity index (χ3n) is 5.37. The zero-order valence-electron chi connectivity index (χ0n) is 18.4. The highest BCUT2D eigenvalue weighted by atomic mass is 35.5. The molecule has 36 heavy (non-hydrogen) atoms. The first-order valence-electron chi connectivity index (χ1n) is 10.6. The average Bonchev–Trinajstić information content (AvgIpc) is 3.46. The molecule has 0 radical (unpaired) electrons. The molecule has 5 aromatic rings.